The van der Waals surface area contributed by atoms with Crippen molar-refractivity contribution >= 4 is 16.3 Å². The van der Waals surface area contributed by atoms with Gasteiger partial charge in [0.1, 0.15) is 0 Å². The van der Waals surface area contributed by atoms with E-state index in [9.17, 15) is 10.1 Å². The normalized spacial score (nSPS) is 10.6. The molecule has 0 saturated carbocycles. The highest BCUT2D eigenvalue weighted by Crippen LogP contribution is 2.23. The van der Waals surface area contributed by atoms with E-state index in [1.165, 1.54) is 17.4 Å². The molecule has 0 atom stereocenters. The first-order valence-corrected chi connectivity index (χ1v) is 5.89. The van der Waals surface area contributed by atoms with E-state index in [1.54, 1.807) is 16.9 Å². The molecule has 2 aromatic heterocycles. The smallest absolute Gasteiger partial charge is 0.306 e. The van der Waals surface area contributed by atoms with E-state index >= 15 is 0 Å². The minimum atomic E-state index is -0.366. The highest BCUT2D eigenvalue weighted by atomic mass is 32.1. The van der Waals surface area contributed by atoms with Crippen molar-refractivity contribution in [1.29, 1.82) is 0 Å². The second-order valence-electron chi connectivity index (χ2n) is 3.55. The minimum absolute atomic E-state index is 0.183. The fourth-order valence-corrected chi connectivity index (χ4v) is 2.24. The van der Waals surface area contributed by atoms with Crippen LogP contribution in [0.4, 0.5) is 5.00 Å². The second kappa shape index (κ2) is 5.07. The van der Waals surface area contributed by atoms with Gasteiger partial charge in [0, 0.05) is 37.3 Å². The van der Waals surface area contributed by atoms with Crippen molar-refractivity contribution in [3.05, 3.63) is 45.1 Å². The molecule has 0 saturated heterocycles. The topological polar surface area (TPSA) is 73.0 Å². The van der Waals surface area contributed by atoms with Gasteiger partial charge in [0.2, 0.25) is 0 Å². The maximum absolute atomic E-state index is 10.5. The van der Waals surface area contributed by atoms with E-state index in [-0.39, 0.29) is 9.92 Å². The van der Waals surface area contributed by atoms with Crippen molar-refractivity contribution in [3.8, 4) is 0 Å². The van der Waals surface area contributed by atoms with Crippen LogP contribution < -0.4 is 5.32 Å². The number of nitrogens with one attached hydrogen (secondary N) is 1. The number of thiophene rings is 1. The standard InChI is InChI=1S/C10H12N4O2S/c1-13-8(4-5-12-13)6-11-7-9-2-3-10(17-9)14(15)16/h2-5,11H,6-7H2,1H3. The molecule has 0 fully saturated rings. The summed E-state index contributed by atoms with van der Waals surface area (Å²) in [5, 5.41) is 18.0. The number of nitro groups is 1. The monoisotopic (exact) mass is 252 g/mol. The van der Waals surface area contributed by atoms with Gasteiger partial charge in [-0.1, -0.05) is 11.3 Å². The molecule has 0 amide bonds. The lowest BCUT2D eigenvalue weighted by atomic mass is 10.4. The Morgan fingerprint density at radius 1 is 1.47 bits per heavy atom. The fourth-order valence-electron chi connectivity index (χ4n) is 1.45. The second-order valence-corrected chi connectivity index (χ2v) is 4.69. The molecule has 0 aliphatic rings. The Bertz CT molecular complexity index is 520. The van der Waals surface area contributed by atoms with Crippen LogP contribution in [0.25, 0.3) is 0 Å². The Kier molecular flexibility index (Phi) is 3.50. The Labute approximate surface area is 102 Å². The van der Waals surface area contributed by atoms with Gasteiger partial charge in [0.05, 0.1) is 10.6 Å². The molecule has 1 N–H and O–H groups in total. The molecule has 0 spiro atoms. The average molecular weight is 252 g/mol. The zero-order chi connectivity index (χ0) is 12.3. The number of hydrogen-bond acceptors (Lipinski definition) is 5. The molecule has 2 aromatic rings. The zero-order valence-corrected chi connectivity index (χ0v) is 10.1. The van der Waals surface area contributed by atoms with Crippen LogP contribution in [0.1, 0.15) is 10.6 Å². The molecular weight excluding hydrogens is 240 g/mol. The fraction of sp³-hybridized carbons (Fsp3) is 0.300. The van der Waals surface area contributed by atoms with Gasteiger partial charge in [-0.2, -0.15) is 5.10 Å². The third-order valence-corrected chi connectivity index (χ3v) is 3.39. The van der Waals surface area contributed by atoms with Gasteiger partial charge < -0.3 is 5.32 Å². The predicted molar refractivity (Wildman–Crippen MR) is 64.7 cm³/mol. The maximum Gasteiger partial charge on any atom is 0.324 e. The van der Waals surface area contributed by atoms with E-state index in [0.717, 1.165) is 10.6 Å². The van der Waals surface area contributed by atoms with E-state index in [0.29, 0.717) is 13.1 Å². The molecule has 90 valence electrons. The average Bonchev–Trinajstić information content (AvgIpc) is 2.89. The van der Waals surface area contributed by atoms with Gasteiger partial charge in [-0.15, -0.1) is 0 Å². The number of nitrogens with zero attached hydrogens (tertiary/aromatic N) is 3. The Balaban J connectivity index is 1.86. The van der Waals surface area contributed by atoms with Crippen molar-refractivity contribution < 1.29 is 4.92 Å². The SMILES string of the molecule is Cn1nccc1CNCc1ccc([N+](=O)[O-])s1. The zero-order valence-electron chi connectivity index (χ0n) is 9.29. The third-order valence-electron chi connectivity index (χ3n) is 2.36. The molecule has 6 nitrogen and oxygen atoms in total. The van der Waals surface area contributed by atoms with Gasteiger partial charge in [0.15, 0.2) is 0 Å². The molecule has 0 aromatic carbocycles. The van der Waals surface area contributed by atoms with Gasteiger partial charge in [-0.3, -0.25) is 14.8 Å². The molecule has 0 unspecified atom stereocenters. The summed E-state index contributed by atoms with van der Waals surface area (Å²) in [4.78, 5) is 11.1. The quantitative estimate of drug-likeness (QED) is 0.649. The molecule has 2 heterocycles. The number of rotatable bonds is 5. The molecule has 0 aliphatic heterocycles. The summed E-state index contributed by atoms with van der Waals surface area (Å²) in [6.45, 7) is 1.33. The molecule has 17 heavy (non-hydrogen) atoms. The summed E-state index contributed by atoms with van der Waals surface area (Å²) in [6.07, 6.45) is 1.74. The third kappa shape index (κ3) is 2.89. The maximum atomic E-state index is 10.5. The molecular formula is C10H12N4O2S. The lowest BCUT2D eigenvalue weighted by Crippen LogP contribution is -2.14. The van der Waals surface area contributed by atoms with Gasteiger partial charge in [0.25, 0.3) is 0 Å². The Hall–Kier alpha value is -1.73. The lowest BCUT2D eigenvalue weighted by Gasteiger charge is -2.02. The highest BCUT2D eigenvalue weighted by molar-refractivity contribution is 7.15. The van der Waals surface area contributed by atoms with E-state index in [1.807, 2.05) is 13.1 Å². The molecule has 0 aliphatic carbocycles. The van der Waals surface area contributed by atoms with Crippen LogP contribution in [-0.4, -0.2) is 14.7 Å². The first-order chi connectivity index (χ1) is 8.16. The van der Waals surface area contributed by atoms with Crippen molar-refractivity contribution in [2.45, 2.75) is 13.1 Å². The molecule has 0 bridgehead atoms. The van der Waals surface area contributed by atoms with Gasteiger partial charge >= 0.3 is 5.00 Å². The Morgan fingerprint density at radius 3 is 2.88 bits per heavy atom. The lowest BCUT2D eigenvalue weighted by molar-refractivity contribution is -0.380. The first kappa shape index (κ1) is 11.7. The van der Waals surface area contributed by atoms with Gasteiger partial charge in [-0.25, -0.2) is 0 Å². The summed E-state index contributed by atoms with van der Waals surface area (Å²) in [5.41, 5.74) is 1.08. The van der Waals surface area contributed by atoms with Crippen LogP contribution in [-0.2, 0) is 20.1 Å². The van der Waals surface area contributed by atoms with Crippen LogP contribution >= 0.6 is 11.3 Å². The highest BCUT2D eigenvalue weighted by Gasteiger charge is 2.09. The number of aryl methyl sites for hydroxylation is 1. The van der Waals surface area contributed by atoms with Crippen molar-refractivity contribution in [2.75, 3.05) is 0 Å². The number of aromatic nitrogens is 2. The molecule has 0 radical (unpaired) electrons. The van der Waals surface area contributed by atoms with E-state index < -0.39 is 0 Å². The van der Waals surface area contributed by atoms with Crippen LogP contribution in [0.5, 0.6) is 0 Å². The molecule has 7 heteroatoms. The summed E-state index contributed by atoms with van der Waals surface area (Å²) in [7, 11) is 1.88. The first-order valence-electron chi connectivity index (χ1n) is 5.07. The van der Waals surface area contributed by atoms with Crippen LogP contribution in [0.3, 0.4) is 0 Å². The van der Waals surface area contributed by atoms with Crippen LogP contribution in [0.2, 0.25) is 0 Å². The minimum Gasteiger partial charge on any atom is -0.306 e. The van der Waals surface area contributed by atoms with Crippen molar-refractivity contribution in [1.82, 2.24) is 15.1 Å². The van der Waals surface area contributed by atoms with Crippen LogP contribution in [0.15, 0.2) is 24.4 Å². The molecule has 2 rings (SSSR count). The largest absolute Gasteiger partial charge is 0.324 e. The summed E-state index contributed by atoms with van der Waals surface area (Å²) >= 11 is 1.20. The summed E-state index contributed by atoms with van der Waals surface area (Å²) in [6, 6.07) is 5.24. The van der Waals surface area contributed by atoms with Crippen molar-refractivity contribution in [3.63, 3.8) is 0 Å². The summed E-state index contributed by atoms with van der Waals surface area (Å²) < 4.78 is 1.80. The van der Waals surface area contributed by atoms with E-state index in [4.69, 9.17) is 0 Å². The van der Waals surface area contributed by atoms with Gasteiger partial charge in [-0.05, 0) is 12.1 Å². The van der Waals surface area contributed by atoms with Crippen molar-refractivity contribution in [2.24, 2.45) is 7.05 Å². The van der Waals surface area contributed by atoms with E-state index in [2.05, 4.69) is 10.4 Å². The predicted octanol–water partition coefficient (Wildman–Crippen LogP) is 1.68. The Morgan fingerprint density at radius 2 is 2.29 bits per heavy atom. The van der Waals surface area contributed by atoms with Crippen LogP contribution in [0, 0.1) is 10.1 Å². The summed E-state index contributed by atoms with van der Waals surface area (Å²) in [5.74, 6) is 0. The number of hydrogen-bond donors (Lipinski definition) is 1.